The predicted molar refractivity (Wildman–Crippen MR) is 251 cm³/mol. The van der Waals surface area contributed by atoms with Gasteiger partial charge in [-0.05, 0) is 103 Å². The summed E-state index contributed by atoms with van der Waals surface area (Å²) in [6.45, 7) is 7.55. The number of hydrogen-bond acceptors (Lipinski definition) is 5. The minimum Gasteiger partial charge on any atom is -0.462 e. The molecule has 0 aliphatic heterocycles. The Labute approximate surface area is 359 Å². The fraction of sp³-hybridized carbons (Fsp3) is 0.698. The van der Waals surface area contributed by atoms with E-state index in [1.807, 2.05) is 0 Å². The van der Waals surface area contributed by atoms with Crippen LogP contribution in [0, 0.1) is 0 Å². The van der Waals surface area contributed by atoms with Gasteiger partial charge in [-0.25, -0.2) is 0 Å². The maximum Gasteiger partial charge on any atom is 0.306 e. The monoisotopic (exact) mass is 807 g/mol. The summed E-state index contributed by atoms with van der Waals surface area (Å²) in [5.74, 6) is -0.445. The van der Waals surface area contributed by atoms with Crippen molar-refractivity contribution in [1.29, 1.82) is 0 Å². The molecule has 5 nitrogen and oxygen atoms in total. The maximum absolute atomic E-state index is 12.7. The number of esters is 2. The molecule has 332 valence electrons. The van der Waals surface area contributed by atoms with Crippen LogP contribution in [-0.2, 0) is 23.8 Å². The summed E-state index contributed by atoms with van der Waals surface area (Å²) in [4.78, 5) is 25.3. The van der Waals surface area contributed by atoms with Crippen molar-refractivity contribution in [2.45, 2.75) is 219 Å². The van der Waals surface area contributed by atoms with Crippen molar-refractivity contribution >= 4 is 11.9 Å². The quantitative estimate of drug-likeness (QED) is 0.0349. The zero-order valence-electron chi connectivity index (χ0n) is 38.0. The molecule has 0 aromatic carbocycles. The number of ether oxygens (including phenoxy) is 3. The first-order chi connectivity index (χ1) is 28.6. The van der Waals surface area contributed by atoms with E-state index in [-0.39, 0.29) is 25.2 Å². The van der Waals surface area contributed by atoms with Crippen molar-refractivity contribution in [3.63, 3.8) is 0 Å². The van der Waals surface area contributed by atoms with E-state index in [0.29, 0.717) is 19.4 Å². The van der Waals surface area contributed by atoms with E-state index >= 15 is 0 Å². The standard InChI is InChI=1S/C53H90O5/c1-4-7-10-13-16-19-22-24-26-27-28-29-32-34-37-40-43-46-52(54)57-50-51(58-53(55)47-44-41-38-35-31-21-18-15-12-9-6-3)49-56-48-45-42-39-36-33-30-25-23-20-17-14-11-8-5-2/h7,10-11,14-16,18-20,23-24,26,28-29,51H,4-6,8-9,12-13,17,21-22,25,27,30-50H2,1-3H3/b10-7-,14-11-,18-15-,19-16-,23-20-,26-24-,29-28-. The lowest BCUT2D eigenvalue weighted by molar-refractivity contribution is -0.163. The molecule has 0 aliphatic carbocycles. The summed E-state index contributed by atoms with van der Waals surface area (Å²) in [6, 6.07) is 0. The second-order valence-electron chi connectivity index (χ2n) is 15.6. The fourth-order valence-electron chi connectivity index (χ4n) is 6.28. The molecule has 1 unspecified atom stereocenters. The van der Waals surface area contributed by atoms with Crippen LogP contribution in [0.5, 0.6) is 0 Å². The normalized spacial score (nSPS) is 12.9. The van der Waals surface area contributed by atoms with E-state index in [0.717, 1.165) is 103 Å². The van der Waals surface area contributed by atoms with Crippen LogP contribution in [-0.4, -0.2) is 37.9 Å². The number of unbranched alkanes of at least 4 members (excludes halogenated alkanes) is 18. The molecule has 0 heterocycles. The zero-order chi connectivity index (χ0) is 42.1. The van der Waals surface area contributed by atoms with Crippen LogP contribution in [0.4, 0.5) is 0 Å². The average Bonchev–Trinajstić information content (AvgIpc) is 3.22. The van der Waals surface area contributed by atoms with E-state index in [1.54, 1.807) is 0 Å². The van der Waals surface area contributed by atoms with E-state index in [1.165, 1.54) is 77.0 Å². The molecule has 0 spiro atoms. The van der Waals surface area contributed by atoms with E-state index in [9.17, 15) is 9.59 Å². The van der Waals surface area contributed by atoms with Crippen molar-refractivity contribution in [2.24, 2.45) is 0 Å². The van der Waals surface area contributed by atoms with Crippen LogP contribution in [0.25, 0.3) is 0 Å². The molecule has 0 N–H and O–H groups in total. The Bertz CT molecular complexity index is 1090. The minimum absolute atomic E-state index is 0.0612. The molecule has 0 aromatic rings. The Morgan fingerprint density at radius 1 is 0.397 bits per heavy atom. The summed E-state index contributed by atoms with van der Waals surface area (Å²) in [6.07, 6.45) is 63.0. The van der Waals surface area contributed by atoms with Gasteiger partial charge >= 0.3 is 11.9 Å². The van der Waals surface area contributed by atoms with Gasteiger partial charge in [-0.2, -0.15) is 0 Å². The van der Waals surface area contributed by atoms with Crippen LogP contribution in [0.15, 0.2) is 85.1 Å². The van der Waals surface area contributed by atoms with Gasteiger partial charge in [-0.3, -0.25) is 9.59 Å². The van der Waals surface area contributed by atoms with Gasteiger partial charge in [0.05, 0.1) is 6.61 Å². The van der Waals surface area contributed by atoms with Crippen LogP contribution in [0.2, 0.25) is 0 Å². The Balaban J connectivity index is 4.32. The highest BCUT2D eigenvalue weighted by molar-refractivity contribution is 5.70. The van der Waals surface area contributed by atoms with Crippen molar-refractivity contribution in [1.82, 2.24) is 0 Å². The lowest BCUT2D eigenvalue weighted by Gasteiger charge is -2.18. The summed E-state index contributed by atoms with van der Waals surface area (Å²) in [5, 5.41) is 0. The van der Waals surface area contributed by atoms with Crippen LogP contribution >= 0.6 is 0 Å². The fourth-order valence-corrected chi connectivity index (χ4v) is 6.28. The molecule has 0 saturated carbocycles. The second kappa shape index (κ2) is 48.4. The minimum atomic E-state index is -0.558. The third-order valence-corrected chi connectivity index (χ3v) is 9.87. The Morgan fingerprint density at radius 3 is 1.33 bits per heavy atom. The smallest absolute Gasteiger partial charge is 0.306 e. The third-order valence-electron chi connectivity index (χ3n) is 9.87. The highest BCUT2D eigenvalue weighted by Gasteiger charge is 2.17. The first-order valence-corrected chi connectivity index (χ1v) is 24.1. The van der Waals surface area contributed by atoms with Gasteiger partial charge in [0.2, 0.25) is 0 Å². The predicted octanol–water partition coefficient (Wildman–Crippen LogP) is 16.1. The molecular formula is C53H90O5. The van der Waals surface area contributed by atoms with Crippen molar-refractivity contribution in [3.8, 4) is 0 Å². The van der Waals surface area contributed by atoms with Crippen LogP contribution in [0.1, 0.15) is 213 Å². The first kappa shape index (κ1) is 55.1. The molecule has 0 aromatic heterocycles. The Kier molecular flexibility index (Phi) is 46.0. The Morgan fingerprint density at radius 2 is 0.810 bits per heavy atom. The van der Waals surface area contributed by atoms with Gasteiger partial charge in [0.1, 0.15) is 6.61 Å². The second-order valence-corrected chi connectivity index (χ2v) is 15.6. The zero-order valence-corrected chi connectivity index (χ0v) is 38.0. The number of hydrogen-bond donors (Lipinski definition) is 0. The molecule has 0 fully saturated rings. The first-order valence-electron chi connectivity index (χ1n) is 24.1. The SMILES string of the molecule is CC/C=C\C/C=C\C/C=C\C/C=C\CCCCCCC(=O)OCC(COCCCCCCCC/C=C\C/C=C\CCC)OC(=O)CCCCCCC/C=C\CCCC. The maximum atomic E-state index is 12.7. The summed E-state index contributed by atoms with van der Waals surface area (Å²) < 4.78 is 17.3. The van der Waals surface area contributed by atoms with Crippen LogP contribution in [0.3, 0.4) is 0 Å². The lowest BCUT2D eigenvalue weighted by atomic mass is 10.1. The molecule has 1 atom stereocenters. The van der Waals surface area contributed by atoms with Gasteiger partial charge in [0.25, 0.3) is 0 Å². The Hall–Kier alpha value is -2.92. The summed E-state index contributed by atoms with van der Waals surface area (Å²) in [5.41, 5.74) is 0. The topological polar surface area (TPSA) is 61.8 Å². The van der Waals surface area contributed by atoms with Gasteiger partial charge in [-0.15, -0.1) is 0 Å². The average molecular weight is 807 g/mol. The van der Waals surface area contributed by atoms with Crippen molar-refractivity contribution in [2.75, 3.05) is 19.8 Å². The van der Waals surface area contributed by atoms with E-state index in [4.69, 9.17) is 14.2 Å². The molecule has 0 saturated heterocycles. The van der Waals surface area contributed by atoms with Gasteiger partial charge < -0.3 is 14.2 Å². The number of allylic oxidation sites excluding steroid dienone is 14. The van der Waals surface area contributed by atoms with Gasteiger partial charge in [-0.1, -0.05) is 183 Å². The summed E-state index contributed by atoms with van der Waals surface area (Å²) >= 11 is 0. The molecular weight excluding hydrogens is 717 g/mol. The lowest BCUT2D eigenvalue weighted by Crippen LogP contribution is -2.30. The van der Waals surface area contributed by atoms with Crippen molar-refractivity contribution < 1.29 is 23.8 Å². The molecule has 0 rings (SSSR count). The highest BCUT2D eigenvalue weighted by Crippen LogP contribution is 2.12. The van der Waals surface area contributed by atoms with E-state index < -0.39 is 6.10 Å². The van der Waals surface area contributed by atoms with Gasteiger partial charge in [0.15, 0.2) is 6.10 Å². The molecule has 0 bridgehead atoms. The molecule has 0 radical (unpaired) electrons. The largest absolute Gasteiger partial charge is 0.462 e. The molecule has 58 heavy (non-hydrogen) atoms. The summed E-state index contributed by atoms with van der Waals surface area (Å²) in [7, 11) is 0. The number of carbonyl (C=O) groups excluding carboxylic acids is 2. The number of rotatable bonds is 43. The molecule has 5 heteroatoms. The highest BCUT2D eigenvalue weighted by atomic mass is 16.6. The number of carbonyl (C=O) groups is 2. The molecule has 0 amide bonds. The van der Waals surface area contributed by atoms with E-state index in [2.05, 4.69) is 106 Å². The van der Waals surface area contributed by atoms with Crippen molar-refractivity contribution in [3.05, 3.63) is 85.1 Å². The third kappa shape index (κ3) is 45.8. The van der Waals surface area contributed by atoms with Crippen LogP contribution < -0.4 is 0 Å². The van der Waals surface area contributed by atoms with Gasteiger partial charge in [0, 0.05) is 19.4 Å². The molecule has 0 aliphatic rings.